The zero-order valence-electron chi connectivity index (χ0n) is 12.8. The van der Waals surface area contributed by atoms with Gasteiger partial charge in [0.15, 0.2) is 5.13 Å². The van der Waals surface area contributed by atoms with Crippen LogP contribution in [0.5, 0.6) is 0 Å². The van der Waals surface area contributed by atoms with Crippen LogP contribution in [0, 0.1) is 11.8 Å². The third-order valence-corrected chi connectivity index (χ3v) is 8.51. The van der Waals surface area contributed by atoms with Gasteiger partial charge in [-0.1, -0.05) is 23.2 Å². The van der Waals surface area contributed by atoms with Gasteiger partial charge in [-0.25, -0.2) is 9.88 Å². The monoisotopic (exact) mass is 442 g/mol. The fourth-order valence-corrected chi connectivity index (χ4v) is 7.03. The molecule has 1 saturated carbocycles. The number of nitrogens with zero attached hydrogens (tertiary/aromatic N) is 2. The van der Waals surface area contributed by atoms with Crippen LogP contribution in [0.2, 0.25) is 0 Å². The van der Waals surface area contributed by atoms with Crippen molar-refractivity contribution in [2.45, 2.75) is 15.5 Å². The Morgan fingerprint density at radius 2 is 1.56 bits per heavy atom. The highest BCUT2D eigenvalue weighted by Crippen LogP contribution is 2.75. The van der Waals surface area contributed by atoms with Crippen molar-refractivity contribution in [3.63, 3.8) is 0 Å². The molecular weight excluding hydrogens is 434 g/mol. The maximum Gasteiger partial charge on any atom is 0.242 e. The molecule has 0 aromatic carbocycles. The van der Waals surface area contributed by atoms with Gasteiger partial charge in [-0.2, -0.15) is 0 Å². The summed E-state index contributed by atoms with van der Waals surface area (Å²) in [6.45, 7) is 0. The smallest absolute Gasteiger partial charge is 0.242 e. The first-order valence-electron chi connectivity index (χ1n) is 7.05. The van der Waals surface area contributed by atoms with Crippen molar-refractivity contribution >= 4 is 74.7 Å². The standard InChI is InChI=1S/C14H10Cl4N2O4S/c1-23-14(24-2)12(17)5-6(13(14,18)8(16)7(12)15)10(22)20(9(5)21)11-19-3-4-25-11/h3-6H,1-2H3. The lowest BCUT2D eigenvalue weighted by atomic mass is 9.84. The number of halogens is 4. The average Bonchev–Trinajstić information content (AvgIpc) is 3.25. The molecule has 1 aromatic heterocycles. The molecule has 2 fully saturated rings. The predicted octanol–water partition coefficient (Wildman–Crippen LogP) is 2.91. The van der Waals surface area contributed by atoms with E-state index in [0.29, 0.717) is 0 Å². The molecule has 3 aliphatic rings. The number of methoxy groups -OCH3 is 2. The molecule has 2 bridgehead atoms. The van der Waals surface area contributed by atoms with Crippen LogP contribution in [0.15, 0.2) is 21.6 Å². The normalized spacial score (nSPS) is 38.9. The number of thiazole rings is 1. The molecule has 4 atom stereocenters. The number of aromatic nitrogens is 1. The van der Waals surface area contributed by atoms with Gasteiger partial charge in [-0.3, -0.25) is 9.59 Å². The highest BCUT2D eigenvalue weighted by Gasteiger charge is 2.89. The van der Waals surface area contributed by atoms with Crippen LogP contribution >= 0.6 is 57.7 Å². The minimum atomic E-state index is -1.77. The lowest BCUT2D eigenvalue weighted by molar-refractivity contribution is -0.221. The molecule has 0 N–H and O–H groups in total. The Morgan fingerprint density at radius 3 is 1.92 bits per heavy atom. The number of fused-ring (bicyclic) bond motifs is 5. The summed E-state index contributed by atoms with van der Waals surface area (Å²) < 4.78 is 11.0. The molecule has 4 unspecified atom stereocenters. The van der Waals surface area contributed by atoms with Gasteiger partial charge in [0.2, 0.25) is 17.6 Å². The average molecular weight is 444 g/mol. The highest BCUT2D eigenvalue weighted by molar-refractivity contribution is 7.14. The maximum absolute atomic E-state index is 13.1. The Hall–Kier alpha value is -0.410. The molecular formula is C14H10Cl4N2O4S. The second-order valence-corrected chi connectivity index (χ2v) is 8.68. The maximum atomic E-state index is 13.1. The van der Waals surface area contributed by atoms with Gasteiger partial charge in [0.1, 0.15) is 9.75 Å². The van der Waals surface area contributed by atoms with E-state index >= 15 is 0 Å². The first-order chi connectivity index (χ1) is 11.7. The predicted molar refractivity (Wildman–Crippen MR) is 94.2 cm³/mol. The van der Waals surface area contributed by atoms with Gasteiger partial charge in [0.25, 0.3) is 0 Å². The van der Waals surface area contributed by atoms with Crippen molar-refractivity contribution in [2.75, 3.05) is 19.1 Å². The van der Waals surface area contributed by atoms with Gasteiger partial charge in [0.05, 0.1) is 21.9 Å². The number of ether oxygens (including phenoxy) is 2. The lowest BCUT2D eigenvalue weighted by Crippen LogP contribution is -2.60. The Kier molecular flexibility index (Phi) is 3.82. The molecule has 0 spiro atoms. The van der Waals surface area contributed by atoms with Crippen LogP contribution in [0.4, 0.5) is 5.13 Å². The van der Waals surface area contributed by atoms with E-state index < -0.39 is 39.2 Å². The quantitative estimate of drug-likeness (QED) is 0.408. The number of amides is 2. The van der Waals surface area contributed by atoms with E-state index in [9.17, 15) is 9.59 Å². The van der Waals surface area contributed by atoms with Crippen molar-refractivity contribution in [1.82, 2.24) is 4.98 Å². The Bertz CT molecular complexity index is 781. The Morgan fingerprint density at radius 1 is 1.08 bits per heavy atom. The van der Waals surface area contributed by atoms with Crippen molar-refractivity contribution in [3.05, 3.63) is 21.6 Å². The van der Waals surface area contributed by atoms with Crippen LogP contribution in [0.3, 0.4) is 0 Å². The van der Waals surface area contributed by atoms with E-state index in [2.05, 4.69) is 4.98 Å². The van der Waals surface area contributed by atoms with E-state index in [0.717, 1.165) is 16.2 Å². The summed E-state index contributed by atoms with van der Waals surface area (Å²) >= 11 is 27.5. The number of anilines is 1. The molecule has 4 rings (SSSR count). The third-order valence-electron chi connectivity index (χ3n) is 5.14. The van der Waals surface area contributed by atoms with Crippen LogP contribution < -0.4 is 4.90 Å². The number of carbonyl (C=O) groups excluding carboxylic acids is 2. The molecule has 11 heteroatoms. The van der Waals surface area contributed by atoms with Gasteiger partial charge in [-0.05, 0) is 0 Å². The van der Waals surface area contributed by atoms with Crippen LogP contribution in [0.25, 0.3) is 0 Å². The summed E-state index contributed by atoms with van der Waals surface area (Å²) in [6.07, 6.45) is 1.49. The molecule has 1 saturated heterocycles. The number of hydrogen-bond donors (Lipinski definition) is 0. The van der Waals surface area contributed by atoms with E-state index in [1.54, 1.807) is 5.38 Å². The van der Waals surface area contributed by atoms with E-state index in [1.807, 2.05) is 0 Å². The SMILES string of the molecule is COC1(OC)C2(Cl)C(Cl)=C(Cl)C1(Cl)C1C(=O)N(c3nccs3)C(=O)C12. The number of hydrogen-bond acceptors (Lipinski definition) is 6. The topological polar surface area (TPSA) is 68.7 Å². The first kappa shape index (κ1) is 18.0. The summed E-state index contributed by atoms with van der Waals surface area (Å²) in [5.74, 6) is -5.10. The zero-order chi connectivity index (χ0) is 18.4. The molecule has 2 heterocycles. The van der Waals surface area contributed by atoms with Crippen LogP contribution in [-0.2, 0) is 19.1 Å². The van der Waals surface area contributed by atoms with Crippen LogP contribution in [0.1, 0.15) is 0 Å². The molecule has 0 radical (unpaired) electrons. The molecule has 2 amide bonds. The largest absolute Gasteiger partial charge is 0.350 e. The summed E-state index contributed by atoms with van der Waals surface area (Å²) in [5, 5.41) is 1.77. The minimum absolute atomic E-state index is 0.0575. The lowest BCUT2D eigenvalue weighted by Gasteiger charge is -2.42. The minimum Gasteiger partial charge on any atom is -0.350 e. The Labute approximate surface area is 166 Å². The molecule has 6 nitrogen and oxygen atoms in total. The van der Waals surface area contributed by atoms with E-state index in [4.69, 9.17) is 55.9 Å². The number of alkyl halides is 2. The van der Waals surface area contributed by atoms with Gasteiger partial charge in [0, 0.05) is 25.8 Å². The van der Waals surface area contributed by atoms with Crippen molar-refractivity contribution in [2.24, 2.45) is 11.8 Å². The van der Waals surface area contributed by atoms with Crippen molar-refractivity contribution < 1.29 is 19.1 Å². The van der Waals surface area contributed by atoms with Gasteiger partial charge in [-0.15, -0.1) is 34.5 Å². The summed E-state index contributed by atoms with van der Waals surface area (Å²) in [5.41, 5.74) is 0. The highest BCUT2D eigenvalue weighted by atomic mass is 35.5. The van der Waals surface area contributed by atoms with Gasteiger partial charge < -0.3 is 9.47 Å². The van der Waals surface area contributed by atoms with Gasteiger partial charge >= 0.3 is 0 Å². The summed E-state index contributed by atoms with van der Waals surface area (Å²) in [6, 6.07) is 0. The molecule has 25 heavy (non-hydrogen) atoms. The van der Waals surface area contributed by atoms with Crippen LogP contribution in [-0.4, -0.2) is 46.6 Å². The molecule has 1 aromatic rings. The fraction of sp³-hybridized carbons (Fsp3) is 0.500. The molecule has 1 aliphatic heterocycles. The number of imide groups is 1. The Balaban J connectivity index is 1.97. The fourth-order valence-electron chi connectivity index (χ4n) is 4.22. The summed E-state index contributed by atoms with van der Waals surface area (Å²) in [7, 11) is 2.62. The number of carbonyl (C=O) groups is 2. The summed E-state index contributed by atoms with van der Waals surface area (Å²) in [4.78, 5) is 27.7. The van der Waals surface area contributed by atoms with E-state index in [-0.39, 0.29) is 15.2 Å². The van der Waals surface area contributed by atoms with E-state index in [1.165, 1.54) is 20.4 Å². The first-order valence-corrected chi connectivity index (χ1v) is 9.44. The zero-order valence-corrected chi connectivity index (χ0v) is 16.6. The van der Waals surface area contributed by atoms with Crippen molar-refractivity contribution in [3.8, 4) is 0 Å². The second kappa shape index (κ2) is 5.32. The molecule has 134 valence electrons. The third kappa shape index (κ3) is 1.61. The number of rotatable bonds is 3. The molecule has 2 aliphatic carbocycles. The second-order valence-electron chi connectivity index (χ2n) is 5.86. The van der Waals surface area contributed by atoms with Crippen molar-refractivity contribution in [1.29, 1.82) is 0 Å².